The van der Waals surface area contributed by atoms with Crippen LogP contribution in [0.15, 0.2) is 12.2 Å². The Bertz CT molecular complexity index is 221. The normalized spacial score (nSPS) is 33.7. The van der Waals surface area contributed by atoms with Crippen molar-refractivity contribution in [1.29, 1.82) is 0 Å². The molecule has 1 saturated heterocycles. The van der Waals surface area contributed by atoms with Gasteiger partial charge in [-0.2, -0.15) is 0 Å². The van der Waals surface area contributed by atoms with Crippen LogP contribution >= 0.6 is 0 Å². The third-order valence-corrected chi connectivity index (χ3v) is 3.74. The van der Waals surface area contributed by atoms with Gasteiger partial charge in [-0.05, 0) is 39.0 Å². The Kier molecular flexibility index (Phi) is 3.81. The molecule has 15 heavy (non-hydrogen) atoms. The van der Waals surface area contributed by atoms with Crippen LogP contribution in [0.3, 0.4) is 0 Å². The predicted octanol–water partition coefficient (Wildman–Crippen LogP) is 2.02. The second-order valence-corrected chi connectivity index (χ2v) is 5.05. The first-order valence-corrected chi connectivity index (χ1v) is 6.40. The Labute approximate surface area is 93.7 Å². The van der Waals surface area contributed by atoms with E-state index in [1.807, 2.05) is 0 Å². The summed E-state index contributed by atoms with van der Waals surface area (Å²) < 4.78 is 0. The van der Waals surface area contributed by atoms with Gasteiger partial charge in [0.2, 0.25) is 0 Å². The SMILES string of the molecule is C/C=C/CCN1CC(C2CC2)NCC1C. The zero-order valence-electron chi connectivity index (χ0n) is 10.1. The summed E-state index contributed by atoms with van der Waals surface area (Å²) in [5, 5.41) is 3.69. The van der Waals surface area contributed by atoms with Crippen molar-refractivity contribution >= 4 is 0 Å². The monoisotopic (exact) mass is 208 g/mol. The van der Waals surface area contributed by atoms with Gasteiger partial charge >= 0.3 is 0 Å². The highest BCUT2D eigenvalue weighted by Crippen LogP contribution is 2.34. The number of hydrogen-bond donors (Lipinski definition) is 1. The molecule has 2 atom stereocenters. The van der Waals surface area contributed by atoms with Gasteiger partial charge in [-0.1, -0.05) is 12.2 Å². The van der Waals surface area contributed by atoms with Crippen LogP contribution in [-0.2, 0) is 0 Å². The smallest absolute Gasteiger partial charge is 0.0224 e. The average Bonchev–Trinajstić information content (AvgIpc) is 3.05. The second-order valence-electron chi connectivity index (χ2n) is 5.05. The highest BCUT2D eigenvalue weighted by Gasteiger charge is 2.35. The first kappa shape index (κ1) is 11.2. The molecule has 0 aromatic carbocycles. The molecule has 2 unspecified atom stereocenters. The number of piperazine rings is 1. The van der Waals surface area contributed by atoms with Gasteiger partial charge in [0, 0.05) is 31.7 Å². The van der Waals surface area contributed by atoms with E-state index in [0.717, 1.165) is 12.0 Å². The Hall–Kier alpha value is -0.340. The summed E-state index contributed by atoms with van der Waals surface area (Å²) in [6, 6.07) is 1.50. The Morgan fingerprint density at radius 1 is 1.40 bits per heavy atom. The zero-order valence-corrected chi connectivity index (χ0v) is 10.1. The molecule has 1 saturated carbocycles. The van der Waals surface area contributed by atoms with E-state index < -0.39 is 0 Å². The summed E-state index contributed by atoms with van der Waals surface area (Å²) in [5.41, 5.74) is 0. The highest BCUT2D eigenvalue weighted by atomic mass is 15.2. The van der Waals surface area contributed by atoms with Crippen molar-refractivity contribution in [1.82, 2.24) is 10.2 Å². The minimum atomic E-state index is 0.713. The van der Waals surface area contributed by atoms with E-state index in [1.165, 1.54) is 38.9 Å². The lowest BCUT2D eigenvalue weighted by atomic mass is 10.1. The summed E-state index contributed by atoms with van der Waals surface area (Å²) in [5.74, 6) is 0.988. The lowest BCUT2D eigenvalue weighted by Gasteiger charge is -2.39. The summed E-state index contributed by atoms with van der Waals surface area (Å²) >= 11 is 0. The number of nitrogens with zero attached hydrogens (tertiary/aromatic N) is 1. The lowest BCUT2D eigenvalue weighted by Crippen LogP contribution is -2.56. The van der Waals surface area contributed by atoms with Crippen LogP contribution in [0.5, 0.6) is 0 Å². The van der Waals surface area contributed by atoms with Crippen LogP contribution in [0.4, 0.5) is 0 Å². The maximum atomic E-state index is 3.69. The zero-order chi connectivity index (χ0) is 10.7. The maximum absolute atomic E-state index is 3.69. The van der Waals surface area contributed by atoms with Crippen molar-refractivity contribution in [3.63, 3.8) is 0 Å². The average molecular weight is 208 g/mol. The van der Waals surface area contributed by atoms with Gasteiger partial charge < -0.3 is 5.32 Å². The van der Waals surface area contributed by atoms with Gasteiger partial charge in [0.1, 0.15) is 0 Å². The molecule has 0 radical (unpaired) electrons. The topological polar surface area (TPSA) is 15.3 Å². The van der Waals surface area contributed by atoms with Crippen molar-refractivity contribution < 1.29 is 0 Å². The molecule has 1 aliphatic carbocycles. The van der Waals surface area contributed by atoms with E-state index in [0.29, 0.717) is 6.04 Å². The van der Waals surface area contributed by atoms with Gasteiger partial charge in [-0.25, -0.2) is 0 Å². The minimum absolute atomic E-state index is 0.713. The minimum Gasteiger partial charge on any atom is -0.311 e. The van der Waals surface area contributed by atoms with Crippen LogP contribution in [0.25, 0.3) is 0 Å². The van der Waals surface area contributed by atoms with Crippen molar-refractivity contribution in [3.05, 3.63) is 12.2 Å². The lowest BCUT2D eigenvalue weighted by molar-refractivity contribution is 0.135. The molecule has 2 rings (SSSR count). The van der Waals surface area contributed by atoms with Gasteiger partial charge in [-0.3, -0.25) is 4.90 Å². The van der Waals surface area contributed by atoms with Crippen molar-refractivity contribution in [2.24, 2.45) is 5.92 Å². The Morgan fingerprint density at radius 2 is 2.20 bits per heavy atom. The fraction of sp³-hybridized carbons (Fsp3) is 0.846. The number of rotatable bonds is 4. The number of nitrogens with one attached hydrogen (secondary N) is 1. The van der Waals surface area contributed by atoms with Gasteiger partial charge in [-0.15, -0.1) is 0 Å². The molecule has 2 aliphatic rings. The summed E-state index contributed by atoms with van der Waals surface area (Å²) in [6.07, 6.45) is 8.55. The summed E-state index contributed by atoms with van der Waals surface area (Å²) in [4.78, 5) is 2.65. The predicted molar refractivity (Wildman–Crippen MR) is 65.0 cm³/mol. The van der Waals surface area contributed by atoms with E-state index in [2.05, 4.69) is 36.2 Å². The van der Waals surface area contributed by atoms with E-state index in [9.17, 15) is 0 Å². The standard InChI is InChI=1S/C13H24N2/c1-3-4-5-8-15-10-13(12-6-7-12)14-9-11(15)2/h3-4,11-14H,5-10H2,1-2H3/b4-3+. The molecule has 0 spiro atoms. The van der Waals surface area contributed by atoms with Crippen LogP contribution in [0.1, 0.15) is 33.1 Å². The van der Waals surface area contributed by atoms with E-state index in [4.69, 9.17) is 0 Å². The molecular weight excluding hydrogens is 184 g/mol. The van der Waals surface area contributed by atoms with Gasteiger partial charge in [0.15, 0.2) is 0 Å². The van der Waals surface area contributed by atoms with E-state index in [1.54, 1.807) is 0 Å². The molecule has 0 amide bonds. The fourth-order valence-corrected chi connectivity index (χ4v) is 2.48. The number of allylic oxidation sites excluding steroid dienone is 1. The molecule has 0 aromatic heterocycles. The first-order chi connectivity index (χ1) is 7.31. The summed E-state index contributed by atoms with van der Waals surface area (Å²) in [6.45, 7) is 8.12. The van der Waals surface area contributed by atoms with Crippen LogP contribution < -0.4 is 5.32 Å². The number of hydrogen-bond acceptors (Lipinski definition) is 2. The summed E-state index contributed by atoms with van der Waals surface area (Å²) in [7, 11) is 0. The molecule has 2 fully saturated rings. The molecule has 0 bridgehead atoms. The van der Waals surface area contributed by atoms with Gasteiger partial charge in [0.25, 0.3) is 0 Å². The molecule has 1 N–H and O–H groups in total. The Morgan fingerprint density at radius 3 is 2.87 bits per heavy atom. The van der Waals surface area contributed by atoms with Crippen LogP contribution in [0.2, 0.25) is 0 Å². The van der Waals surface area contributed by atoms with Crippen molar-refractivity contribution in [2.45, 2.75) is 45.2 Å². The fourth-order valence-electron chi connectivity index (χ4n) is 2.48. The third kappa shape index (κ3) is 3.05. The molecule has 1 aliphatic heterocycles. The van der Waals surface area contributed by atoms with E-state index >= 15 is 0 Å². The molecule has 0 aromatic rings. The van der Waals surface area contributed by atoms with Crippen molar-refractivity contribution in [3.8, 4) is 0 Å². The maximum Gasteiger partial charge on any atom is 0.0224 e. The second kappa shape index (κ2) is 5.13. The molecule has 1 heterocycles. The van der Waals surface area contributed by atoms with Crippen LogP contribution in [0, 0.1) is 5.92 Å². The van der Waals surface area contributed by atoms with Gasteiger partial charge in [0.05, 0.1) is 0 Å². The van der Waals surface area contributed by atoms with Crippen LogP contribution in [-0.4, -0.2) is 36.6 Å². The molecular formula is C13H24N2. The third-order valence-electron chi connectivity index (χ3n) is 3.74. The quantitative estimate of drug-likeness (QED) is 0.711. The highest BCUT2D eigenvalue weighted by molar-refractivity contribution is 4.94. The first-order valence-electron chi connectivity index (χ1n) is 6.40. The molecule has 86 valence electrons. The largest absolute Gasteiger partial charge is 0.311 e. The molecule has 2 nitrogen and oxygen atoms in total. The Balaban J connectivity index is 1.78. The van der Waals surface area contributed by atoms with Crippen molar-refractivity contribution in [2.75, 3.05) is 19.6 Å². The van der Waals surface area contributed by atoms with E-state index in [-0.39, 0.29) is 0 Å². The molecule has 2 heteroatoms.